The molecule has 0 saturated heterocycles. The molecule has 4 heteroatoms. The molecule has 2 N–H and O–H groups in total. The molecule has 1 rings (SSSR count). The first kappa shape index (κ1) is 17.1. The van der Waals surface area contributed by atoms with Gasteiger partial charge in [0.05, 0.1) is 13.7 Å². The van der Waals surface area contributed by atoms with Gasteiger partial charge in [0.1, 0.15) is 5.75 Å². The Hall–Kier alpha value is -0.970. The van der Waals surface area contributed by atoms with Crippen molar-refractivity contribution >= 4 is 17.8 Å². The number of methoxy groups -OCH3 is 1. The maximum Gasteiger partial charge on any atom is 0.118 e. The molecule has 1 aromatic rings. The van der Waals surface area contributed by atoms with Crippen molar-refractivity contribution in [2.45, 2.75) is 25.1 Å². The number of nitrogens with one attached hydrogen (secondary N) is 1. The van der Waals surface area contributed by atoms with E-state index in [9.17, 15) is 5.11 Å². The van der Waals surface area contributed by atoms with Crippen molar-refractivity contribution in [3.05, 3.63) is 35.4 Å². The van der Waals surface area contributed by atoms with Crippen LogP contribution >= 0.6 is 11.8 Å². The summed E-state index contributed by atoms with van der Waals surface area (Å²) in [7, 11) is 1.67. The summed E-state index contributed by atoms with van der Waals surface area (Å²) in [4.78, 5) is 0. The molecule has 0 heterocycles. The van der Waals surface area contributed by atoms with E-state index >= 15 is 0 Å². The quantitative estimate of drug-likeness (QED) is 0.774. The third-order valence-electron chi connectivity index (χ3n) is 3.27. The molecule has 0 radical (unpaired) electrons. The maximum atomic E-state index is 9.26. The summed E-state index contributed by atoms with van der Waals surface area (Å²) < 4.78 is 5.15. The van der Waals surface area contributed by atoms with Crippen LogP contribution in [-0.4, -0.2) is 42.9 Å². The molecular weight excluding hydrogens is 270 g/mol. The Labute approximate surface area is 126 Å². The van der Waals surface area contributed by atoms with Gasteiger partial charge in [-0.1, -0.05) is 23.8 Å². The topological polar surface area (TPSA) is 41.5 Å². The molecule has 0 spiro atoms. The Morgan fingerprint density at radius 3 is 2.55 bits per heavy atom. The van der Waals surface area contributed by atoms with Gasteiger partial charge < -0.3 is 15.2 Å². The number of hydrogen-bond acceptors (Lipinski definition) is 4. The first-order valence-electron chi connectivity index (χ1n) is 6.79. The Bertz CT molecular complexity index is 413. The van der Waals surface area contributed by atoms with Gasteiger partial charge in [-0.15, -0.1) is 0 Å². The van der Waals surface area contributed by atoms with Crippen LogP contribution in [0.25, 0.3) is 6.08 Å². The van der Waals surface area contributed by atoms with Crippen molar-refractivity contribution in [1.29, 1.82) is 0 Å². The number of benzene rings is 1. The smallest absolute Gasteiger partial charge is 0.118 e. The molecule has 20 heavy (non-hydrogen) atoms. The van der Waals surface area contributed by atoms with Crippen LogP contribution in [0.2, 0.25) is 0 Å². The molecule has 0 bridgehead atoms. The third-order valence-corrected chi connectivity index (χ3v) is 4.43. The molecule has 0 aliphatic rings. The molecule has 0 saturated carbocycles. The molecule has 0 aliphatic carbocycles. The van der Waals surface area contributed by atoms with Crippen LogP contribution in [0.4, 0.5) is 0 Å². The first-order chi connectivity index (χ1) is 9.60. The van der Waals surface area contributed by atoms with E-state index in [2.05, 4.69) is 25.2 Å². The van der Waals surface area contributed by atoms with Gasteiger partial charge in [0, 0.05) is 17.8 Å². The number of rotatable bonds is 8. The molecule has 1 aromatic carbocycles. The van der Waals surface area contributed by atoms with E-state index in [1.165, 1.54) is 11.1 Å². The Kier molecular flexibility index (Phi) is 7.73. The monoisotopic (exact) mass is 295 g/mol. The molecule has 2 atom stereocenters. The molecule has 3 nitrogen and oxygen atoms in total. The van der Waals surface area contributed by atoms with Crippen molar-refractivity contribution in [3.63, 3.8) is 0 Å². The standard InChI is InChI=1S/C16H25NO2S/c1-12(10-17-13(2)16(11-18)20-4)9-14-5-7-15(19-3)8-6-14/h5-9,13,16-18H,10-11H2,1-4H3/b12-9-. The summed E-state index contributed by atoms with van der Waals surface area (Å²) in [5.74, 6) is 0.873. The minimum Gasteiger partial charge on any atom is -0.497 e. The average molecular weight is 295 g/mol. The lowest BCUT2D eigenvalue weighted by molar-refractivity contribution is 0.277. The van der Waals surface area contributed by atoms with Crippen LogP contribution in [0.3, 0.4) is 0 Å². The summed E-state index contributed by atoms with van der Waals surface area (Å²) in [5, 5.41) is 13.0. The van der Waals surface area contributed by atoms with Crippen LogP contribution in [0, 0.1) is 0 Å². The average Bonchev–Trinajstić information content (AvgIpc) is 2.47. The minimum absolute atomic E-state index is 0.205. The summed E-state index contributed by atoms with van der Waals surface area (Å²) >= 11 is 1.69. The fraction of sp³-hybridized carbons (Fsp3) is 0.500. The van der Waals surface area contributed by atoms with E-state index in [1.54, 1.807) is 18.9 Å². The van der Waals surface area contributed by atoms with E-state index in [4.69, 9.17) is 4.74 Å². The molecule has 0 aromatic heterocycles. The molecule has 0 amide bonds. The van der Waals surface area contributed by atoms with Gasteiger partial charge in [0.25, 0.3) is 0 Å². The zero-order valence-electron chi connectivity index (χ0n) is 12.7. The number of hydrogen-bond donors (Lipinski definition) is 2. The van der Waals surface area contributed by atoms with Crippen LogP contribution in [0.1, 0.15) is 19.4 Å². The first-order valence-corrected chi connectivity index (χ1v) is 8.07. The molecule has 0 fully saturated rings. The second-order valence-corrected chi connectivity index (χ2v) is 5.97. The minimum atomic E-state index is 0.205. The van der Waals surface area contributed by atoms with Crippen molar-refractivity contribution in [3.8, 4) is 5.75 Å². The van der Waals surface area contributed by atoms with Crippen LogP contribution in [0.15, 0.2) is 29.8 Å². The van der Waals surface area contributed by atoms with Crippen LogP contribution < -0.4 is 10.1 Å². The summed E-state index contributed by atoms with van der Waals surface area (Å²) in [5.41, 5.74) is 2.43. The van der Waals surface area contributed by atoms with E-state index in [0.717, 1.165) is 12.3 Å². The summed E-state index contributed by atoms with van der Waals surface area (Å²) in [6.45, 7) is 5.25. The Morgan fingerprint density at radius 1 is 1.40 bits per heavy atom. The van der Waals surface area contributed by atoms with Gasteiger partial charge in [0.2, 0.25) is 0 Å². The van der Waals surface area contributed by atoms with Gasteiger partial charge in [-0.2, -0.15) is 11.8 Å². The van der Waals surface area contributed by atoms with Gasteiger partial charge in [-0.3, -0.25) is 0 Å². The van der Waals surface area contributed by atoms with Gasteiger partial charge in [-0.25, -0.2) is 0 Å². The zero-order valence-corrected chi connectivity index (χ0v) is 13.5. The predicted octanol–water partition coefficient (Wildman–Crippen LogP) is 2.80. The molecule has 2 unspecified atom stereocenters. The number of aliphatic hydroxyl groups is 1. The van der Waals surface area contributed by atoms with Crippen molar-refractivity contribution < 1.29 is 9.84 Å². The van der Waals surface area contributed by atoms with Crippen molar-refractivity contribution in [1.82, 2.24) is 5.32 Å². The van der Waals surface area contributed by atoms with E-state index in [1.807, 2.05) is 30.5 Å². The largest absolute Gasteiger partial charge is 0.497 e. The highest BCUT2D eigenvalue weighted by Crippen LogP contribution is 2.14. The van der Waals surface area contributed by atoms with E-state index in [0.29, 0.717) is 0 Å². The molecular formula is C16H25NO2S. The number of thioether (sulfide) groups is 1. The lowest BCUT2D eigenvalue weighted by Crippen LogP contribution is -2.38. The second kappa shape index (κ2) is 9.06. The summed E-state index contributed by atoms with van der Waals surface area (Å²) in [6.07, 6.45) is 4.19. The maximum absolute atomic E-state index is 9.26. The highest BCUT2D eigenvalue weighted by Gasteiger charge is 2.13. The highest BCUT2D eigenvalue weighted by molar-refractivity contribution is 7.99. The fourth-order valence-corrected chi connectivity index (χ4v) is 2.58. The zero-order chi connectivity index (χ0) is 15.0. The van der Waals surface area contributed by atoms with E-state index in [-0.39, 0.29) is 17.9 Å². The fourth-order valence-electron chi connectivity index (χ4n) is 1.93. The van der Waals surface area contributed by atoms with Gasteiger partial charge >= 0.3 is 0 Å². The Morgan fingerprint density at radius 2 is 2.05 bits per heavy atom. The van der Waals surface area contributed by atoms with E-state index < -0.39 is 0 Å². The highest BCUT2D eigenvalue weighted by atomic mass is 32.2. The molecule has 0 aliphatic heterocycles. The predicted molar refractivity (Wildman–Crippen MR) is 88.5 cm³/mol. The third kappa shape index (κ3) is 5.57. The normalized spacial score (nSPS) is 14.9. The Balaban J connectivity index is 2.52. The van der Waals surface area contributed by atoms with Crippen LogP contribution in [-0.2, 0) is 0 Å². The summed E-state index contributed by atoms with van der Waals surface area (Å²) in [6, 6.07) is 8.30. The van der Waals surface area contributed by atoms with Gasteiger partial charge in [0.15, 0.2) is 0 Å². The number of aliphatic hydroxyl groups excluding tert-OH is 1. The van der Waals surface area contributed by atoms with Gasteiger partial charge in [-0.05, 0) is 37.8 Å². The van der Waals surface area contributed by atoms with Crippen molar-refractivity contribution in [2.24, 2.45) is 0 Å². The number of ether oxygens (including phenoxy) is 1. The van der Waals surface area contributed by atoms with Crippen LogP contribution in [0.5, 0.6) is 5.75 Å². The lowest BCUT2D eigenvalue weighted by atomic mass is 10.1. The van der Waals surface area contributed by atoms with Crippen molar-refractivity contribution in [2.75, 3.05) is 26.5 Å². The SMILES string of the molecule is COc1ccc(/C=C(/C)CNC(C)C(CO)SC)cc1. The lowest BCUT2D eigenvalue weighted by Gasteiger charge is -2.21. The second-order valence-electron chi connectivity index (χ2n) is 4.89. The molecule has 112 valence electrons.